The number of hydroxylamine groups is 3. The van der Waals surface area contributed by atoms with E-state index in [0.29, 0.717) is 0 Å². The van der Waals surface area contributed by atoms with Gasteiger partial charge in [-0.25, -0.2) is 0 Å². The molecule has 0 aliphatic heterocycles. The predicted molar refractivity (Wildman–Crippen MR) is 114 cm³/mol. The molecule has 0 radical (unpaired) electrons. The fourth-order valence-electron chi connectivity index (χ4n) is 3.78. The topological polar surface area (TPSA) is 23.1 Å². The highest BCUT2D eigenvalue weighted by Crippen LogP contribution is 2.15. The fraction of sp³-hybridized carbons (Fsp3) is 1.00. The summed E-state index contributed by atoms with van der Waals surface area (Å²) in [5.41, 5.74) is 0. The van der Waals surface area contributed by atoms with E-state index in [1.165, 1.54) is 83.5 Å². The fourth-order valence-corrected chi connectivity index (χ4v) is 3.78. The molecule has 25 heavy (non-hydrogen) atoms. The Labute approximate surface area is 159 Å². The Morgan fingerprint density at radius 1 is 0.400 bits per heavy atom. The lowest BCUT2D eigenvalue weighted by Crippen LogP contribution is -2.44. The van der Waals surface area contributed by atoms with Crippen molar-refractivity contribution in [2.75, 3.05) is 19.6 Å². The molecule has 0 aliphatic carbocycles. The molecule has 0 bridgehead atoms. The van der Waals surface area contributed by atoms with E-state index < -0.39 is 0 Å². The number of nitrogens with zero attached hydrogens (tertiary/aromatic N) is 1. The van der Waals surface area contributed by atoms with E-state index in [2.05, 4.69) is 20.8 Å². The zero-order valence-corrected chi connectivity index (χ0v) is 18.0. The lowest BCUT2D eigenvalue weighted by molar-refractivity contribution is -0.881. The van der Waals surface area contributed by atoms with Crippen LogP contribution in [-0.4, -0.2) is 24.3 Å². The molecular formula is C23H49NO. The molecule has 2 nitrogen and oxygen atoms in total. The Bertz CT molecular complexity index is 256. The largest absolute Gasteiger partial charge is 0.633 e. The van der Waals surface area contributed by atoms with Crippen LogP contribution in [0.3, 0.4) is 0 Å². The zero-order valence-electron chi connectivity index (χ0n) is 18.0. The summed E-state index contributed by atoms with van der Waals surface area (Å²) in [6.45, 7) is 9.12. The number of rotatable bonds is 20. The Kier molecular flexibility index (Phi) is 18.6. The Hall–Kier alpha value is -0.0800. The second kappa shape index (κ2) is 18.7. The summed E-state index contributed by atoms with van der Waals surface area (Å²) < 4.78 is 0.0720. The zero-order chi connectivity index (χ0) is 18.6. The van der Waals surface area contributed by atoms with E-state index in [-0.39, 0.29) is 4.65 Å². The number of unbranched alkanes of at least 4 members (excludes halogenated alkanes) is 14. The van der Waals surface area contributed by atoms with E-state index in [4.69, 9.17) is 0 Å². The second-order valence-electron chi connectivity index (χ2n) is 8.18. The average Bonchev–Trinajstić information content (AvgIpc) is 2.60. The lowest BCUT2D eigenvalue weighted by Gasteiger charge is -2.43. The first kappa shape index (κ1) is 24.9. The van der Waals surface area contributed by atoms with Crippen LogP contribution in [0, 0.1) is 5.21 Å². The number of hydrogen-bond acceptors (Lipinski definition) is 1. The molecular weight excluding hydrogens is 306 g/mol. The van der Waals surface area contributed by atoms with Crippen molar-refractivity contribution in [3.63, 3.8) is 0 Å². The lowest BCUT2D eigenvalue weighted by atomic mass is 10.0. The Morgan fingerprint density at radius 3 is 1.16 bits per heavy atom. The third-order valence-electron chi connectivity index (χ3n) is 5.47. The van der Waals surface area contributed by atoms with Crippen LogP contribution >= 0.6 is 0 Å². The van der Waals surface area contributed by atoms with Crippen molar-refractivity contribution in [2.45, 2.75) is 130 Å². The van der Waals surface area contributed by atoms with Gasteiger partial charge in [0.15, 0.2) is 0 Å². The van der Waals surface area contributed by atoms with Gasteiger partial charge in [-0.2, -0.15) is 0 Å². The smallest absolute Gasteiger partial charge is 0.0783 e. The molecule has 0 heterocycles. The highest BCUT2D eigenvalue weighted by molar-refractivity contribution is 4.51. The van der Waals surface area contributed by atoms with Crippen molar-refractivity contribution < 1.29 is 4.65 Å². The van der Waals surface area contributed by atoms with Gasteiger partial charge in [0.25, 0.3) is 0 Å². The molecule has 0 fully saturated rings. The van der Waals surface area contributed by atoms with Gasteiger partial charge >= 0.3 is 0 Å². The van der Waals surface area contributed by atoms with Crippen LogP contribution in [0.2, 0.25) is 0 Å². The standard InChI is InChI=1S/C23H49NO/c1-4-7-9-10-11-12-13-14-15-16-17-18-19-20-23-24(25,21-6-3)22-8-5-2/h4-23H2,1-3H3. The van der Waals surface area contributed by atoms with Crippen molar-refractivity contribution in [1.29, 1.82) is 0 Å². The molecule has 0 aliphatic rings. The maximum absolute atomic E-state index is 12.7. The summed E-state index contributed by atoms with van der Waals surface area (Å²) in [7, 11) is 0. The molecule has 0 aromatic rings. The summed E-state index contributed by atoms with van der Waals surface area (Å²) >= 11 is 0. The van der Waals surface area contributed by atoms with E-state index in [0.717, 1.165) is 45.3 Å². The third kappa shape index (κ3) is 17.1. The molecule has 152 valence electrons. The van der Waals surface area contributed by atoms with Crippen molar-refractivity contribution >= 4 is 0 Å². The molecule has 0 aromatic carbocycles. The molecule has 0 aromatic heterocycles. The van der Waals surface area contributed by atoms with Gasteiger partial charge in [0, 0.05) is 0 Å². The summed E-state index contributed by atoms with van der Waals surface area (Å²) in [5.74, 6) is 0. The van der Waals surface area contributed by atoms with Crippen LogP contribution in [-0.2, 0) is 0 Å². The molecule has 0 N–H and O–H groups in total. The molecule has 0 rings (SSSR count). The first-order valence-electron chi connectivity index (χ1n) is 11.8. The van der Waals surface area contributed by atoms with Gasteiger partial charge < -0.3 is 9.85 Å². The number of quaternary nitrogens is 1. The van der Waals surface area contributed by atoms with Crippen LogP contribution in [0.4, 0.5) is 0 Å². The maximum atomic E-state index is 12.7. The third-order valence-corrected chi connectivity index (χ3v) is 5.47. The minimum atomic E-state index is 0.0720. The summed E-state index contributed by atoms with van der Waals surface area (Å²) in [6, 6.07) is 0. The van der Waals surface area contributed by atoms with Gasteiger partial charge in [-0.15, -0.1) is 0 Å². The average molecular weight is 356 g/mol. The van der Waals surface area contributed by atoms with Crippen LogP contribution in [0.5, 0.6) is 0 Å². The molecule has 2 heteroatoms. The first-order valence-corrected chi connectivity index (χ1v) is 11.8. The minimum Gasteiger partial charge on any atom is -0.633 e. The molecule has 0 saturated carbocycles. The first-order chi connectivity index (χ1) is 12.2. The van der Waals surface area contributed by atoms with Crippen LogP contribution < -0.4 is 0 Å². The van der Waals surface area contributed by atoms with Gasteiger partial charge in [0.2, 0.25) is 0 Å². The van der Waals surface area contributed by atoms with Crippen molar-refractivity contribution in [2.24, 2.45) is 0 Å². The molecule has 0 amide bonds. The quantitative estimate of drug-likeness (QED) is 0.123. The molecule has 0 saturated heterocycles. The highest BCUT2D eigenvalue weighted by atomic mass is 16.5. The monoisotopic (exact) mass is 355 g/mol. The van der Waals surface area contributed by atoms with Crippen molar-refractivity contribution in [3.05, 3.63) is 5.21 Å². The summed E-state index contributed by atoms with van der Waals surface area (Å²) in [5, 5.41) is 12.7. The summed E-state index contributed by atoms with van der Waals surface area (Å²) in [4.78, 5) is 0. The van der Waals surface area contributed by atoms with Gasteiger partial charge in [-0.3, -0.25) is 0 Å². The highest BCUT2D eigenvalue weighted by Gasteiger charge is 2.14. The van der Waals surface area contributed by atoms with Crippen molar-refractivity contribution in [1.82, 2.24) is 0 Å². The van der Waals surface area contributed by atoms with Crippen LogP contribution in [0.1, 0.15) is 130 Å². The SMILES string of the molecule is CCCCCCCCCCCCCCCC[N+]([O-])(CCC)CCCC. The van der Waals surface area contributed by atoms with Crippen LogP contribution in [0.15, 0.2) is 0 Å². The Morgan fingerprint density at radius 2 is 0.760 bits per heavy atom. The number of hydrogen-bond donors (Lipinski definition) is 0. The van der Waals surface area contributed by atoms with Gasteiger partial charge in [0.1, 0.15) is 0 Å². The normalized spacial score (nSPS) is 13.9. The second-order valence-corrected chi connectivity index (χ2v) is 8.18. The van der Waals surface area contributed by atoms with Crippen LogP contribution in [0.25, 0.3) is 0 Å². The van der Waals surface area contributed by atoms with Gasteiger partial charge in [-0.1, -0.05) is 104 Å². The maximum Gasteiger partial charge on any atom is 0.0783 e. The molecule has 1 unspecified atom stereocenters. The molecule has 0 spiro atoms. The van der Waals surface area contributed by atoms with E-state index >= 15 is 0 Å². The van der Waals surface area contributed by atoms with E-state index in [9.17, 15) is 5.21 Å². The van der Waals surface area contributed by atoms with Crippen molar-refractivity contribution in [3.8, 4) is 0 Å². The van der Waals surface area contributed by atoms with Gasteiger partial charge in [0.05, 0.1) is 19.6 Å². The van der Waals surface area contributed by atoms with E-state index in [1.807, 2.05) is 0 Å². The predicted octanol–water partition coefficient (Wildman–Crippen LogP) is 7.99. The van der Waals surface area contributed by atoms with Gasteiger partial charge in [-0.05, 0) is 25.7 Å². The summed E-state index contributed by atoms with van der Waals surface area (Å²) in [6.07, 6.45) is 22.6. The minimum absolute atomic E-state index is 0.0720. The van der Waals surface area contributed by atoms with E-state index in [1.54, 1.807) is 0 Å². The molecule has 1 atom stereocenters. The Balaban J connectivity index is 3.36.